The Morgan fingerprint density at radius 1 is 0.930 bits per heavy atom. The zero-order valence-corrected chi connectivity index (χ0v) is 26.8. The second-order valence-electron chi connectivity index (χ2n) is 10.9. The lowest BCUT2D eigenvalue weighted by Gasteiger charge is -2.29. The Kier molecular flexibility index (Phi) is 10.1. The maximum Gasteiger partial charge on any atom is 0.243 e. The molecule has 3 aromatic rings. The zero-order valence-electron chi connectivity index (χ0n) is 24.4. The molecule has 2 N–H and O–H groups in total. The van der Waals surface area contributed by atoms with Gasteiger partial charge in [0.05, 0.1) is 16.4 Å². The van der Waals surface area contributed by atoms with Crippen molar-refractivity contribution in [2.45, 2.75) is 61.5 Å². The fourth-order valence-electron chi connectivity index (χ4n) is 5.64. The molecule has 3 aromatic carbocycles. The molecule has 43 heavy (non-hydrogen) atoms. The van der Waals surface area contributed by atoms with Gasteiger partial charge < -0.3 is 14.8 Å². The van der Waals surface area contributed by atoms with Crippen molar-refractivity contribution < 1.29 is 26.3 Å². The van der Waals surface area contributed by atoms with Crippen LogP contribution < -0.4 is 14.8 Å². The third-order valence-electron chi connectivity index (χ3n) is 7.91. The number of hydrogen-bond acceptors (Lipinski definition) is 7. The molecule has 1 heterocycles. The van der Waals surface area contributed by atoms with E-state index in [0.717, 1.165) is 35.2 Å². The molecular formula is C31H38ClN3O6S2. The standard InChI is InChI=1S/C31H38ClN3O6S2/c1-3-11-34-42(36,37)29-7-5-23-16-28(17-24(23)18-29)35(21-26-15-27(32)6-9-31(26)41-14-13-40-2)43(38,39)30-8-4-22-10-12-33-20-25(22)19-30/h4-9,15,18-19,28,33-34H,3,10-14,16-17,20-21H2,1-2H3. The number of nitrogens with zero attached hydrogens (tertiary/aromatic N) is 1. The van der Waals surface area contributed by atoms with Crippen LogP contribution in [0.1, 0.15) is 41.2 Å². The SMILES string of the molecule is CCCNS(=O)(=O)c1ccc2c(c1)CC(N(Cc1cc(Cl)ccc1OCCOC)S(=O)(=O)c1ccc3c(c1)CNCC3)C2. The number of rotatable bonds is 13. The molecule has 0 radical (unpaired) electrons. The number of fused-ring (bicyclic) bond motifs is 2. The molecule has 9 nitrogen and oxygen atoms in total. The first-order valence-corrected chi connectivity index (χ1v) is 17.8. The van der Waals surface area contributed by atoms with Crippen LogP contribution in [-0.2, 0) is 57.1 Å². The van der Waals surface area contributed by atoms with E-state index < -0.39 is 26.1 Å². The van der Waals surface area contributed by atoms with Gasteiger partial charge in [-0.2, -0.15) is 4.31 Å². The van der Waals surface area contributed by atoms with E-state index in [-0.39, 0.29) is 16.3 Å². The molecule has 1 unspecified atom stereocenters. The van der Waals surface area contributed by atoms with E-state index >= 15 is 0 Å². The summed E-state index contributed by atoms with van der Waals surface area (Å²) in [6, 6.07) is 15.2. The predicted octanol–water partition coefficient (Wildman–Crippen LogP) is 4.06. The molecule has 0 spiro atoms. The van der Waals surface area contributed by atoms with E-state index in [9.17, 15) is 16.8 Å². The van der Waals surface area contributed by atoms with Gasteiger partial charge >= 0.3 is 0 Å². The highest BCUT2D eigenvalue weighted by atomic mass is 35.5. The second-order valence-corrected chi connectivity index (χ2v) is 15.0. The molecule has 0 aromatic heterocycles. The third-order valence-corrected chi connectivity index (χ3v) is 11.5. The number of nitrogens with one attached hydrogen (secondary N) is 2. The maximum atomic E-state index is 14.5. The van der Waals surface area contributed by atoms with Gasteiger partial charge in [-0.15, -0.1) is 0 Å². The molecule has 0 saturated heterocycles. The Morgan fingerprint density at radius 2 is 1.67 bits per heavy atom. The minimum atomic E-state index is -3.99. The first kappa shape index (κ1) is 31.9. The van der Waals surface area contributed by atoms with Crippen LogP contribution in [0, 0.1) is 0 Å². The number of benzene rings is 3. The lowest BCUT2D eigenvalue weighted by Crippen LogP contribution is -2.40. The fraction of sp³-hybridized carbons (Fsp3) is 0.419. The van der Waals surface area contributed by atoms with Crippen molar-refractivity contribution in [2.75, 3.05) is 33.4 Å². The van der Waals surface area contributed by atoms with Gasteiger partial charge in [0, 0.05) is 43.4 Å². The van der Waals surface area contributed by atoms with Crippen LogP contribution in [0.3, 0.4) is 0 Å². The summed E-state index contributed by atoms with van der Waals surface area (Å²) in [5.41, 5.74) is 4.50. The van der Waals surface area contributed by atoms with E-state index in [1.165, 1.54) is 4.31 Å². The number of methoxy groups -OCH3 is 1. The third kappa shape index (κ3) is 7.25. The minimum Gasteiger partial charge on any atom is -0.491 e. The van der Waals surface area contributed by atoms with Crippen LogP contribution in [0.5, 0.6) is 5.75 Å². The Balaban J connectivity index is 1.52. The summed E-state index contributed by atoms with van der Waals surface area (Å²) in [5.74, 6) is 0.530. The lowest BCUT2D eigenvalue weighted by molar-refractivity contribution is 0.145. The largest absolute Gasteiger partial charge is 0.491 e. The van der Waals surface area contributed by atoms with Crippen LogP contribution in [0.2, 0.25) is 5.02 Å². The number of ether oxygens (including phenoxy) is 2. The summed E-state index contributed by atoms with van der Waals surface area (Å²) in [7, 11) is -6.06. The zero-order chi connectivity index (χ0) is 30.6. The van der Waals surface area contributed by atoms with Gasteiger partial charge in [-0.3, -0.25) is 0 Å². The van der Waals surface area contributed by atoms with Crippen LogP contribution in [0.4, 0.5) is 0 Å². The summed E-state index contributed by atoms with van der Waals surface area (Å²) < 4.78 is 69.8. The van der Waals surface area contributed by atoms with Crippen LogP contribution in [0.25, 0.3) is 0 Å². The van der Waals surface area contributed by atoms with E-state index in [1.54, 1.807) is 55.6 Å². The van der Waals surface area contributed by atoms with Crippen molar-refractivity contribution in [3.63, 3.8) is 0 Å². The van der Waals surface area contributed by atoms with Crippen molar-refractivity contribution in [3.05, 3.63) is 87.4 Å². The monoisotopic (exact) mass is 647 g/mol. The average Bonchev–Trinajstić information content (AvgIpc) is 3.42. The minimum absolute atomic E-state index is 0.0302. The second kappa shape index (κ2) is 13.6. The molecule has 0 bridgehead atoms. The molecule has 1 atom stereocenters. The molecule has 1 aliphatic carbocycles. The van der Waals surface area contributed by atoms with E-state index in [4.69, 9.17) is 21.1 Å². The van der Waals surface area contributed by atoms with Gasteiger partial charge in [0.2, 0.25) is 20.0 Å². The van der Waals surface area contributed by atoms with Crippen molar-refractivity contribution in [1.29, 1.82) is 0 Å². The van der Waals surface area contributed by atoms with Crippen molar-refractivity contribution in [1.82, 2.24) is 14.3 Å². The van der Waals surface area contributed by atoms with Gasteiger partial charge in [0.15, 0.2) is 0 Å². The highest BCUT2D eigenvalue weighted by molar-refractivity contribution is 7.89. The number of hydrogen-bond donors (Lipinski definition) is 2. The lowest BCUT2D eigenvalue weighted by atomic mass is 10.0. The van der Waals surface area contributed by atoms with Gasteiger partial charge in [-0.05, 0) is 96.9 Å². The molecular weight excluding hydrogens is 610 g/mol. The summed E-state index contributed by atoms with van der Waals surface area (Å²) in [6.45, 7) is 4.43. The molecule has 232 valence electrons. The van der Waals surface area contributed by atoms with Gasteiger partial charge in [-0.1, -0.05) is 30.7 Å². The molecule has 2 aliphatic rings. The van der Waals surface area contributed by atoms with E-state index in [1.807, 2.05) is 13.0 Å². The predicted molar refractivity (Wildman–Crippen MR) is 167 cm³/mol. The number of halogens is 1. The van der Waals surface area contributed by atoms with Crippen LogP contribution in [0.15, 0.2) is 64.4 Å². The number of sulfonamides is 2. The van der Waals surface area contributed by atoms with Crippen molar-refractivity contribution in [2.24, 2.45) is 0 Å². The smallest absolute Gasteiger partial charge is 0.243 e. The first-order valence-electron chi connectivity index (χ1n) is 14.5. The Bertz CT molecular complexity index is 1680. The molecule has 0 saturated carbocycles. The molecule has 0 fully saturated rings. The first-order chi connectivity index (χ1) is 20.6. The van der Waals surface area contributed by atoms with E-state index in [0.29, 0.717) is 61.9 Å². The average molecular weight is 648 g/mol. The molecule has 5 rings (SSSR count). The molecule has 1 aliphatic heterocycles. The normalized spacial score (nSPS) is 16.7. The maximum absolute atomic E-state index is 14.5. The van der Waals surface area contributed by atoms with Crippen LogP contribution >= 0.6 is 11.6 Å². The Labute approximate surface area is 259 Å². The van der Waals surface area contributed by atoms with Gasteiger partial charge in [-0.25, -0.2) is 21.6 Å². The quantitative estimate of drug-likeness (QED) is 0.269. The highest BCUT2D eigenvalue weighted by Gasteiger charge is 2.37. The Hall–Kier alpha value is -2.51. The summed E-state index contributed by atoms with van der Waals surface area (Å²) >= 11 is 6.38. The van der Waals surface area contributed by atoms with E-state index in [2.05, 4.69) is 10.0 Å². The fourth-order valence-corrected chi connectivity index (χ4v) is 8.67. The summed E-state index contributed by atoms with van der Waals surface area (Å²) in [4.78, 5) is 0.405. The summed E-state index contributed by atoms with van der Waals surface area (Å²) in [6.07, 6.45) is 2.35. The Morgan fingerprint density at radius 3 is 2.47 bits per heavy atom. The molecule has 0 amide bonds. The van der Waals surface area contributed by atoms with Gasteiger partial charge in [0.1, 0.15) is 12.4 Å². The van der Waals surface area contributed by atoms with Crippen LogP contribution in [-0.4, -0.2) is 60.6 Å². The molecule has 12 heteroatoms. The van der Waals surface area contributed by atoms with Gasteiger partial charge in [0.25, 0.3) is 0 Å². The van der Waals surface area contributed by atoms with Crippen molar-refractivity contribution in [3.8, 4) is 5.75 Å². The topological polar surface area (TPSA) is 114 Å². The highest BCUT2D eigenvalue weighted by Crippen LogP contribution is 2.35. The van der Waals surface area contributed by atoms with Crippen molar-refractivity contribution >= 4 is 31.6 Å². The summed E-state index contributed by atoms with van der Waals surface area (Å²) in [5, 5.41) is 3.79.